The second kappa shape index (κ2) is 6.83. The van der Waals surface area contributed by atoms with Gasteiger partial charge in [0.25, 0.3) is 5.56 Å². The van der Waals surface area contributed by atoms with E-state index in [2.05, 4.69) is 19.1 Å². The first-order chi connectivity index (χ1) is 12.6. The second-order valence-electron chi connectivity index (χ2n) is 6.67. The highest BCUT2D eigenvalue weighted by atomic mass is 32.2. The number of oxazole rings is 1. The van der Waals surface area contributed by atoms with E-state index in [1.807, 2.05) is 18.0 Å². The van der Waals surface area contributed by atoms with Crippen molar-refractivity contribution in [3.8, 4) is 16.9 Å². The van der Waals surface area contributed by atoms with E-state index in [-0.39, 0.29) is 5.56 Å². The molecule has 1 aliphatic carbocycles. The lowest BCUT2D eigenvalue weighted by Crippen LogP contribution is -2.17. The Bertz CT molecular complexity index is 1020. The molecule has 0 N–H and O–H groups in total. The van der Waals surface area contributed by atoms with Crippen LogP contribution in [-0.2, 0) is 12.8 Å². The summed E-state index contributed by atoms with van der Waals surface area (Å²) in [4.78, 5) is 16.9. The zero-order chi connectivity index (χ0) is 18.3. The normalized spacial score (nSPS) is 14.1. The summed E-state index contributed by atoms with van der Waals surface area (Å²) < 4.78 is 12.9. The molecule has 26 heavy (non-hydrogen) atoms. The molecule has 1 aliphatic rings. The lowest BCUT2D eigenvalue weighted by atomic mass is 10.0. The molecule has 6 heteroatoms. The summed E-state index contributed by atoms with van der Waals surface area (Å²) in [6, 6.07) is 6.04. The standard InChI is InChI=1S/C20H22N2O3S/c1-4-26-11-12-7-15(14-9-17(24-3)20(23)22(2)10-14)18-16(8-12)25-19(21-18)13-5-6-13/h7-10,13H,4-6,11H2,1-3H3. The van der Waals surface area contributed by atoms with Crippen molar-refractivity contribution in [2.75, 3.05) is 12.9 Å². The molecular weight excluding hydrogens is 348 g/mol. The van der Waals surface area contributed by atoms with Crippen LogP contribution in [0.4, 0.5) is 0 Å². The number of methoxy groups -OCH3 is 1. The van der Waals surface area contributed by atoms with Gasteiger partial charge in [-0.25, -0.2) is 4.98 Å². The van der Waals surface area contributed by atoms with Crippen molar-refractivity contribution < 1.29 is 9.15 Å². The quantitative estimate of drug-likeness (QED) is 0.646. The van der Waals surface area contributed by atoms with Crippen LogP contribution in [0.1, 0.15) is 37.1 Å². The van der Waals surface area contributed by atoms with Gasteiger partial charge in [-0.15, -0.1) is 0 Å². The maximum Gasteiger partial charge on any atom is 0.292 e. The number of aromatic nitrogens is 2. The molecule has 1 fully saturated rings. The first-order valence-electron chi connectivity index (χ1n) is 8.86. The van der Waals surface area contributed by atoms with Crippen molar-refractivity contribution in [2.45, 2.75) is 31.4 Å². The van der Waals surface area contributed by atoms with Crippen LogP contribution in [0.25, 0.3) is 22.2 Å². The first kappa shape index (κ1) is 17.2. The molecule has 0 amide bonds. The third-order valence-corrected chi connectivity index (χ3v) is 5.60. The number of pyridine rings is 1. The topological polar surface area (TPSA) is 57.3 Å². The molecule has 0 atom stereocenters. The van der Waals surface area contributed by atoms with Crippen LogP contribution < -0.4 is 10.3 Å². The Labute approximate surface area is 156 Å². The van der Waals surface area contributed by atoms with Gasteiger partial charge in [0.2, 0.25) is 0 Å². The highest BCUT2D eigenvalue weighted by Gasteiger charge is 2.29. The lowest BCUT2D eigenvalue weighted by Gasteiger charge is -2.10. The van der Waals surface area contributed by atoms with E-state index in [1.165, 1.54) is 12.7 Å². The molecule has 0 radical (unpaired) electrons. The summed E-state index contributed by atoms with van der Waals surface area (Å²) >= 11 is 1.87. The fourth-order valence-corrected chi connectivity index (χ4v) is 3.71. The van der Waals surface area contributed by atoms with Crippen LogP contribution in [0.3, 0.4) is 0 Å². The summed E-state index contributed by atoms with van der Waals surface area (Å²) in [5.74, 6) is 3.60. The SMILES string of the molecule is CCSCc1cc(-c2cc(OC)c(=O)n(C)c2)c2nc(C3CC3)oc2c1. The van der Waals surface area contributed by atoms with Crippen LogP contribution >= 0.6 is 11.8 Å². The summed E-state index contributed by atoms with van der Waals surface area (Å²) in [6.07, 6.45) is 4.13. The van der Waals surface area contributed by atoms with Gasteiger partial charge in [-0.05, 0) is 42.4 Å². The molecule has 5 nitrogen and oxygen atoms in total. The van der Waals surface area contributed by atoms with Crippen molar-refractivity contribution in [2.24, 2.45) is 7.05 Å². The number of ether oxygens (including phenoxy) is 1. The second-order valence-corrected chi connectivity index (χ2v) is 7.94. The van der Waals surface area contributed by atoms with Gasteiger partial charge in [-0.2, -0.15) is 11.8 Å². The molecule has 2 heterocycles. The van der Waals surface area contributed by atoms with E-state index < -0.39 is 0 Å². The number of hydrogen-bond donors (Lipinski definition) is 0. The summed E-state index contributed by atoms with van der Waals surface area (Å²) in [5, 5.41) is 0. The van der Waals surface area contributed by atoms with Crippen molar-refractivity contribution in [3.63, 3.8) is 0 Å². The number of thioether (sulfide) groups is 1. The predicted octanol–water partition coefficient (Wildman–Crippen LogP) is 4.33. The number of fused-ring (bicyclic) bond motifs is 1. The summed E-state index contributed by atoms with van der Waals surface area (Å²) in [5.41, 5.74) is 4.63. The molecule has 2 aromatic heterocycles. The maximum atomic E-state index is 12.2. The smallest absolute Gasteiger partial charge is 0.292 e. The molecule has 0 bridgehead atoms. The third kappa shape index (κ3) is 3.14. The van der Waals surface area contributed by atoms with E-state index in [9.17, 15) is 4.79 Å². The zero-order valence-electron chi connectivity index (χ0n) is 15.2. The number of nitrogens with zero attached hydrogens (tertiary/aromatic N) is 2. The molecule has 1 saturated carbocycles. The number of benzene rings is 1. The molecule has 0 aliphatic heterocycles. The minimum absolute atomic E-state index is 0.149. The average Bonchev–Trinajstić information content (AvgIpc) is 3.40. The van der Waals surface area contributed by atoms with Crippen LogP contribution in [0, 0.1) is 0 Å². The minimum atomic E-state index is -0.149. The average molecular weight is 370 g/mol. The van der Waals surface area contributed by atoms with Crippen molar-refractivity contribution in [3.05, 3.63) is 46.2 Å². The Morgan fingerprint density at radius 1 is 1.35 bits per heavy atom. The Morgan fingerprint density at radius 3 is 2.85 bits per heavy atom. The Kier molecular flexibility index (Phi) is 4.53. The van der Waals surface area contributed by atoms with E-state index in [1.54, 1.807) is 17.7 Å². The van der Waals surface area contributed by atoms with Gasteiger partial charge in [0.1, 0.15) is 5.52 Å². The molecule has 0 spiro atoms. The molecule has 0 saturated heterocycles. The monoisotopic (exact) mass is 370 g/mol. The van der Waals surface area contributed by atoms with E-state index in [4.69, 9.17) is 14.1 Å². The third-order valence-electron chi connectivity index (χ3n) is 4.65. The molecule has 0 unspecified atom stereocenters. The van der Waals surface area contributed by atoms with Crippen LogP contribution in [0.5, 0.6) is 5.75 Å². The lowest BCUT2D eigenvalue weighted by molar-refractivity contribution is 0.405. The van der Waals surface area contributed by atoms with Crippen LogP contribution in [-0.4, -0.2) is 22.4 Å². The van der Waals surface area contributed by atoms with Crippen molar-refractivity contribution in [1.82, 2.24) is 9.55 Å². The Morgan fingerprint density at radius 2 is 2.15 bits per heavy atom. The molecule has 3 aromatic rings. The predicted molar refractivity (Wildman–Crippen MR) is 105 cm³/mol. The number of aryl methyl sites for hydroxylation is 1. The van der Waals surface area contributed by atoms with Gasteiger partial charge < -0.3 is 13.7 Å². The fraction of sp³-hybridized carbons (Fsp3) is 0.400. The zero-order valence-corrected chi connectivity index (χ0v) is 16.1. The minimum Gasteiger partial charge on any atom is -0.491 e. The Balaban J connectivity index is 1.91. The highest BCUT2D eigenvalue weighted by Crippen LogP contribution is 2.42. The highest BCUT2D eigenvalue weighted by molar-refractivity contribution is 7.98. The van der Waals surface area contributed by atoms with Crippen LogP contribution in [0.15, 0.2) is 33.6 Å². The van der Waals surface area contributed by atoms with Gasteiger partial charge in [0, 0.05) is 36.0 Å². The first-order valence-corrected chi connectivity index (χ1v) is 10.0. The van der Waals surface area contributed by atoms with E-state index in [0.29, 0.717) is 11.7 Å². The van der Waals surface area contributed by atoms with Gasteiger partial charge in [0.05, 0.1) is 7.11 Å². The van der Waals surface area contributed by atoms with Gasteiger partial charge in [0.15, 0.2) is 17.2 Å². The fourth-order valence-electron chi connectivity index (χ4n) is 3.11. The molecular formula is C20H22N2O3S. The summed E-state index contributed by atoms with van der Waals surface area (Å²) in [7, 11) is 3.26. The van der Waals surface area contributed by atoms with E-state index >= 15 is 0 Å². The molecule has 4 rings (SSSR count). The maximum absolute atomic E-state index is 12.2. The largest absolute Gasteiger partial charge is 0.491 e. The molecule has 1 aromatic carbocycles. The number of rotatable bonds is 6. The van der Waals surface area contributed by atoms with E-state index in [0.717, 1.165) is 52.5 Å². The van der Waals surface area contributed by atoms with Gasteiger partial charge in [-0.3, -0.25) is 4.79 Å². The number of hydrogen-bond acceptors (Lipinski definition) is 5. The molecule has 136 valence electrons. The van der Waals surface area contributed by atoms with Crippen molar-refractivity contribution >= 4 is 22.9 Å². The summed E-state index contributed by atoms with van der Waals surface area (Å²) in [6.45, 7) is 2.15. The van der Waals surface area contributed by atoms with Gasteiger partial charge >= 0.3 is 0 Å². The van der Waals surface area contributed by atoms with Crippen molar-refractivity contribution in [1.29, 1.82) is 0 Å². The van der Waals surface area contributed by atoms with Gasteiger partial charge in [-0.1, -0.05) is 6.92 Å². The Hall–Kier alpha value is -2.21. The van der Waals surface area contributed by atoms with Crippen LogP contribution in [0.2, 0.25) is 0 Å².